The molecule has 0 amide bonds. The first-order chi connectivity index (χ1) is 7.35. The molecule has 0 heteroatoms. The maximum atomic E-state index is 3.90. The van der Waals surface area contributed by atoms with Crippen molar-refractivity contribution in [1.29, 1.82) is 0 Å². The number of hydrogen-bond donors (Lipinski definition) is 0. The molecule has 0 saturated heterocycles. The van der Waals surface area contributed by atoms with Gasteiger partial charge >= 0.3 is 0 Å². The van der Waals surface area contributed by atoms with Gasteiger partial charge in [0.05, 0.1) is 0 Å². The molecule has 1 aromatic carbocycles. The molecular weight excluding hydrogens is 180 g/mol. The minimum absolute atomic E-state index is 1.03. The summed E-state index contributed by atoms with van der Waals surface area (Å²) in [6.45, 7) is 5.96. The van der Waals surface area contributed by atoms with E-state index in [4.69, 9.17) is 0 Å². The van der Waals surface area contributed by atoms with Crippen LogP contribution in [-0.4, -0.2) is 0 Å². The first-order valence-corrected chi connectivity index (χ1v) is 5.39. The van der Waals surface area contributed by atoms with E-state index in [0.717, 1.165) is 12.8 Å². The van der Waals surface area contributed by atoms with Gasteiger partial charge in [-0.2, -0.15) is 0 Å². The van der Waals surface area contributed by atoms with Crippen LogP contribution >= 0.6 is 0 Å². The van der Waals surface area contributed by atoms with E-state index in [2.05, 4.69) is 49.9 Å². The normalized spacial score (nSPS) is 15.5. The van der Waals surface area contributed by atoms with E-state index in [1.165, 1.54) is 22.3 Å². The van der Waals surface area contributed by atoms with Crippen LogP contribution in [0.2, 0.25) is 0 Å². The van der Waals surface area contributed by atoms with Crippen LogP contribution in [0.15, 0.2) is 60.2 Å². The van der Waals surface area contributed by atoms with Crippen LogP contribution < -0.4 is 0 Å². The number of hydrogen-bond acceptors (Lipinski definition) is 0. The quantitative estimate of drug-likeness (QED) is 0.674. The Morgan fingerprint density at radius 3 is 2.20 bits per heavy atom. The SMILES string of the molecule is C=CC1=C(/C=C\C)Cc2ccccc2C1. The molecule has 0 unspecified atom stereocenters. The van der Waals surface area contributed by atoms with Crippen LogP contribution in [0.4, 0.5) is 0 Å². The topological polar surface area (TPSA) is 0 Å². The van der Waals surface area contributed by atoms with Crippen LogP contribution in [0.3, 0.4) is 0 Å². The van der Waals surface area contributed by atoms with Gasteiger partial charge in [0.1, 0.15) is 0 Å². The molecule has 1 aromatic rings. The first-order valence-electron chi connectivity index (χ1n) is 5.39. The Kier molecular flexibility index (Phi) is 2.86. The largest absolute Gasteiger partial charge is 0.0988 e. The van der Waals surface area contributed by atoms with Gasteiger partial charge in [-0.15, -0.1) is 0 Å². The van der Waals surface area contributed by atoms with E-state index in [1.54, 1.807) is 0 Å². The third-order valence-corrected chi connectivity index (χ3v) is 2.91. The minimum Gasteiger partial charge on any atom is -0.0988 e. The lowest BCUT2D eigenvalue weighted by molar-refractivity contribution is 1.01. The second kappa shape index (κ2) is 4.31. The lowest BCUT2D eigenvalue weighted by Gasteiger charge is -2.19. The number of allylic oxidation sites excluding steroid dienone is 5. The van der Waals surface area contributed by atoms with Crippen molar-refractivity contribution in [2.75, 3.05) is 0 Å². The highest BCUT2D eigenvalue weighted by atomic mass is 14.2. The predicted octanol–water partition coefficient (Wildman–Crippen LogP) is 3.84. The molecule has 0 N–H and O–H groups in total. The molecule has 76 valence electrons. The van der Waals surface area contributed by atoms with Crippen molar-refractivity contribution in [2.24, 2.45) is 0 Å². The number of rotatable bonds is 2. The lowest BCUT2D eigenvalue weighted by atomic mass is 9.86. The molecule has 1 aliphatic carbocycles. The molecule has 0 atom stereocenters. The van der Waals surface area contributed by atoms with Crippen molar-refractivity contribution in [3.8, 4) is 0 Å². The van der Waals surface area contributed by atoms with E-state index in [1.807, 2.05) is 6.08 Å². The van der Waals surface area contributed by atoms with Crippen molar-refractivity contribution in [3.05, 3.63) is 71.3 Å². The highest BCUT2D eigenvalue weighted by molar-refractivity contribution is 5.47. The maximum Gasteiger partial charge on any atom is -0.00202 e. The van der Waals surface area contributed by atoms with Gasteiger partial charge in [0, 0.05) is 0 Å². The van der Waals surface area contributed by atoms with Crippen LogP contribution in [0.5, 0.6) is 0 Å². The summed E-state index contributed by atoms with van der Waals surface area (Å²) in [6, 6.07) is 8.66. The molecule has 0 aliphatic heterocycles. The fourth-order valence-electron chi connectivity index (χ4n) is 2.11. The Balaban J connectivity index is 2.41. The highest BCUT2D eigenvalue weighted by Gasteiger charge is 2.13. The Bertz CT molecular complexity index is 433. The second-order valence-electron chi connectivity index (χ2n) is 3.88. The average molecular weight is 196 g/mol. The fourth-order valence-corrected chi connectivity index (χ4v) is 2.11. The second-order valence-corrected chi connectivity index (χ2v) is 3.88. The summed E-state index contributed by atoms with van der Waals surface area (Å²) >= 11 is 0. The number of fused-ring (bicyclic) bond motifs is 1. The van der Waals surface area contributed by atoms with E-state index in [0.29, 0.717) is 0 Å². The summed E-state index contributed by atoms with van der Waals surface area (Å²) in [7, 11) is 0. The van der Waals surface area contributed by atoms with Gasteiger partial charge in [0.15, 0.2) is 0 Å². The van der Waals surface area contributed by atoms with Crippen molar-refractivity contribution in [3.63, 3.8) is 0 Å². The van der Waals surface area contributed by atoms with Crippen LogP contribution in [0.1, 0.15) is 18.1 Å². The summed E-state index contributed by atoms with van der Waals surface area (Å²) in [4.78, 5) is 0. The summed E-state index contributed by atoms with van der Waals surface area (Å²) in [5.74, 6) is 0. The van der Waals surface area contributed by atoms with E-state index in [-0.39, 0.29) is 0 Å². The van der Waals surface area contributed by atoms with Gasteiger partial charge in [0.2, 0.25) is 0 Å². The standard InChI is InChI=1S/C15H16/c1-3-7-13-11-15-9-6-5-8-14(15)10-12(13)4-2/h3-9H,2,10-11H2,1H3/b7-3-. The molecule has 1 aliphatic rings. The van der Waals surface area contributed by atoms with Crippen LogP contribution in [-0.2, 0) is 12.8 Å². The molecule has 0 saturated carbocycles. The monoisotopic (exact) mass is 196 g/mol. The fraction of sp³-hybridized carbons (Fsp3) is 0.200. The van der Waals surface area contributed by atoms with Gasteiger partial charge in [-0.25, -0.2) is 0 Å². The summed E-state index contributed by atoms with van der Waals surface area (Å²) in [6.07, 6.45) is 8.37. The third-order valence-electron chi connectivity index (χ3n) is 2.91. The molecule has 0 fully saturated rings. The summed E-state index contributed by atoms with van der Waals surface area (Å²) < 4.78 is 0. The maximum absolute atomic E-state index is 3.90. The van der Waals surface area contributed by atoms with E-state index in [9.17, 15) is 0 Å². The van der Waals surface area contributed by atoms with Gasteiger partial charge in [-0.1, -0.05) is 49.1 Å². The Morgan fingerprint density at radius 2 is 1.67 bits per heavy atom. The number of benzene rings is 1. The zero-order valence-corrected chi connectivity index (χ0v) is 9.16. The zero-order chi connectivity index (χ0) is 10.7. The van der Waals surface area contributed by atoms with Crippen molar-refractivity contribution < 1.29 is 0 Å². The Hall–Kier alpha value is -1.56. The average Bonchev–Trinajstić information content (AvgIpc) is 2.28. The minimum atomic E-state index is 1.03. The molecule has 2 rings (SSSR count). The molecular formula is C15H16. The first kappa shape index (κ1) is 9.97. The van der Waals surface area contributed by atoms with Gasteiger partial charge < -0.3 is 0 Å². The summed E-state index contributed by atoms with van der Waals surface area (Å²) in [5.41, 5.74) is 5.68. The Labute approximate surface area is 91.6 Å². The third kappa shape index (κ3) is 1.94. The van der Waals surface area contributed by atoms with Gasteiger partial charge in [-0.05, 0) is 42.0 Å². The molecule has 15 heavy (non-hydrogen) atoms. The molecule has 0 spiro atoms. The Morgan fingerprint density at radius 1 is 1.07 bits per heavy atom. The molecule has 0 nitrogen and oxygen atoms in total. The van der Waals surface area contributed by atoms with E-state index >= 15 is 0 Å². The van der Waals surface area contributed by atoms with Crippen LogP contribution in [0, 0.1) is 0 Å². The van der Waals surface area contributed by atoms with Crippen molar-refractivity contribution in [2.45, 2.75) is 19.8 Å². The zero-order valence-electron chi connectivity index (χ0n) is 9.16. The molecule has 0 aromatic heterocycles. The van der Waals surface area contributed by atoms with E-state index < -0.39 is 0 Å². The molecule has 0 radical (unpaired) electrons. The van der Waals surface area contributed by atoms with Crippen molar-refractivity contribution >= 4 is 0 Å². The van der Waals surface area contributed by atoms with Gasteiger partial charge in [-0.3, -0.25) is 0 Å². The van der Waals surface area contributed by atoms with Crippen molar-refractivity contribution in [1.82, 2.24) is 0 Å². The highest BCUT2D eigenvalue weighted by Crippen LogP contribution is 2.27. The molecule has 0 bridgehead atoms. The predicted molar refractivity (Wildman–Crippen MR) is 65.9 cm³/mol. The van der Waals surface area contributed by atoms with Gasteiger partial charge in [0.25, 0.3) is 0 Å². The summed E-state index contributed by atoms with van der Waals surface area (Å²) in [5, 5.41) is 0. The van der Waals surface area contributed by atoms with Crippen LogP contribution in [0.25, 0.3) is 0 Å². The lowest BCUT2D eigenvalue weighted by Crippen LogP contribution is -2.06. The molecule has 0 heterocycles. The smallest absolute Gasteiger partial charge is 0.00202 e.